The molecule has 0 aliphatic carbocycles. The van der Waals surface area contributed by atoms with Crippen LogP contribution in [0.1, 0.15) is 21.6 Å². The number of fused-ring (bicyclic) bond motifs is 1. The van der Waals surface area contributed by atoms with Crippen LogP contribution in [0.25, 0.3) is 10.9 Å². The minimum absolute atomic E-state index is 0.169. The summed E-state index contributed by atoms with van der Waals surface area (Å²) in [6.07, 6.45) is 1.01. The van der Waals surface area contributed by atoms with Crippen molar-refractivity contribution in [2.45, 2.75) is 12.8 Å². The van der Waals surface area contributed by atoms with Gasteiger partial charge in [0.25, 0.3) is 5.56 Å². The molecule has 0 aliphatic rings. The highest BCUT2D eigenvalue weighted by Crippen LogP contribution is 2.21. The number of benzene rings is 2. The lowest BCUT2D eigenvalue weighted by molar-refractivity contribution is 0.451. The number of thiazole rings is 1. The molecule has 4 aromatic rings. The highest BCUT2D eigenvalue weighted by atomic mass is 32.1. The van der Waals surface area contributed by atoms with Crippen LogP contribution in [0.4, 0.5) is 0 Å². The maximum Gasteiger partial charge on any atom is 0.307 e. The maximum atomic E-state index is 12.4. The van der Waals surface area contributed by atoms with E-state index >= 15 is 0 Å². The van der Waals surface area contributed by atoms with Crippen molar-refractivity contribution in [2.24, 2.45) is 0 Å². The Kier molecular flexibility index (Phi) is 4.18. The second-order valence-electron chi connectivity index (χ2n) is 6.17. The van der Waals surface area contributed by atoms with Gasteiger partial charge in [-0.05, 0) is 35.1 Å². The number of hydrogen-bond donors (Lipinski definition) is 3. The van der Waals surface area contributed by atoms with Gasteiger partial charge in [-0.15, -0.1) is 0 Å². The Morgan fingerprint density at radius 3 is 2.42 bits per heavy atom. The molecule has 0 fully saturated rings. The third-order valence-corrected chi connectivity index (χ3v) is 5.16. The molecule has 2 heterocycles. The van der Waals surface area contributed by atoms with Crippen molar-refractivity contribution in [1.82, 2.24) is 9.97 Å². The van der Waals surface area contributed by atoms with Crippen LogP contribution in [-0.2, 0) is 12.8 Å². The molecule has 0 amide bonds. The van der Waals surface area contributed by atoms with Crippen molar-refractivity contribution >= 4 is 22.2 Å². The first-order chi connectivity index (χ1) is 12.6. The molecule has 0 saturated carbocycles. The zero-order valence-corrected chi connectivity index (χ0v) is 14.6. The van der Waals surface area contributed by atoms with E-state index in [0.717, 1.165) is 34.2 Å². The molecule has 4 rings (SSSR count). The van der Waals surface area contributed by atoms with Crippen LogP contribution >= 0.6 is 11.3 Å². The fourth-order valence-corrected chi connectivity index (χ4v) is 3.76. The summed E-state index contributed by atoms with van der Waals surface area (Å²) in [5, 5.41) is 10.6. The van der Waals surface area contributed by atoms with Gasteiger partial charge in [0, 0.05) is 17.5 Å². The lowest BCUT2D eigenvalue weighted by Crippen LogP contribution is -2.12. The van der Waals surface area contributed by atoms with Crippen LogP contribution < -0.4 is 10.4 Å². The zero-order chi connectivity index (χ0) is 18.1. The average Bonchev–Trinajstić information content (AvgIpc) is 2.94. The summed E-state index contributed by atoms with van der Waals surface area (Å²) in [6, 6.07) is 18.0. The van der Waals surface area contributed by atoms with Crippen molar-refractivity contribution < 1.29 is 5.11 Å². The Balaban J connectivity index is 1.67. The SMILES string of the molecule is O=c1[nH]c(O)c(Cc2cc3ccc(Cc4ccccc4)cc3[nH]c2=O)s1. The van der Waals surface area contributed by atoms with Crippen LogP contribution in [0, 0.1) is 0 Å². The first kappa shape index (κ1) is 16.4. The van der Waals surface area contributed by atoms with Gasteiger partial charge in [0.1, 0.15) is 0 Å². The highest BCUT2D eigenvalue weighted by molar-refractivity contribution is 7.09. The molecule has 0 bridgehead atoms. The molecule has 130 valence electrons. The number of hydrogen-bond acceptors (Lipinski definition) is 4. The van der Waals surface area contributed by atoms with Gasteiger partial charge < -0.3 is 10.1 Å². The zero-order valence-electron chi connectivity index (χ0n) is 13.8. The summed E-state index contributed by atoms with van der Waals surface area (Å²) >= 11 is 0.913. The van der Waals surface area contributed by atoms with E-state index in [1.54, 1.807) is 0 Å². The van der Waals surface area contributed by atoms with E-state index in [-0.39, 0.29) is 22.7 Å². The van der Waals surface area contributed by atoms with E-state index in [9.17, 15) is 14.7 Å². The third-order valence-electron chi connectivity index (χ3n) is 4.29. The van der Waals surface area contributed by atoms with E-state index in [1.807, 2.05) is 42.5 Å². The molecule has 0 unspecified atom stereocenters. The first-order valence-corrected chi connectivity index (χ1v) is 9.00. The number of nitrogens with one attached hydrogen (secondary N) is 2. The standard InChI is InChI=1S/C20H16N2O3S/c23-18-15(11-17-19(24)22-20(25)26-17)10-14-7-6-13(9-16(14)21-18)8-12-4-2-1-3-5-12/h1-7,9-10,24H,8,11H2,(H,21,23)(H,22,25). The number of aromatic amines is 2. The molecule has 2 aromatic heterocycles. The van der Waals surface area contributed by atoms with Gasteiger partial charge >= 0.3 is 4.87 Å². The predicted molar refractivity (Wildman–Crippen MR) is 103 cm³/mol. The molecule has 0 spiro atoms. The molecule has 0 atom stereocenters. The minimum atomic E-state index is -0.333. The fraction of sp³-hybridized carbons (Fsp3) is 0.100. The topological polar surface area (TPSA) is 85.9 Å². The van der Waals surface area contributed by atoms with Gasteiger partial charge in [0.2, 0.25) is 5.88 Å². The van der Waals surface area contributed by atoms with Crippen molar-refractivity contribution in [3.63, 3.8) is 0 Å². The average molecular weight is 364 g/mol. The normalized spacial score (nSPS) is 11.1. The van der Waals surface area contributed by atoms with E-state index in [0.29, 0.717) is 10.4 Å². The van der Waals surface area contributed by atoms with Gasteiger partial charge in [0.05, 0.1) is 4.88 Å². The van der Waals surface area contributed by atoms with Crippen molar-refractivity contribution in [3.8, 4) is 5.88 Å². The quantitative estimate of drug-likeness (QED) is 0.520. The summed E-state index contributed by atoms with van der Waals surface area (Å²) < 4.78 is 0. The molecule has 26 heavy (non-hydrogen) atoms. The predicted octanol–water partition coefficient (Wildman–Crippen LogP) is 3.17. The van der Waals surface area contributed by atoms with Gasteiger partial charge in [-0.25, -0.2) is 0 Å². The highest BCUT2D eigenvalue weighted by Gasteiger charge is 2.11. The summed E-state index contributed by atoms with van der Waals surface area (Å²) in [6.45, 7) is 0. The number of aromatic nitrogens is 2. The van der Waals surface area contributed by atoms with E-state index in [4.69, 9.17) is 0 Å². The summed E-state index contributed by atoms with van der Waals surface area (Å²) in [7, 11) is 0. The van der Waals surface area contributed by atoms with E-state index in [2.05, 4.69) is 22.1 Å². The van der Waals surface area contributed by atoms with Gasteiger partial charge in [0.15, 0.2) is 0 Å². The summed E-state index contributed by atoms with van der Waals surface area (Å²) in [5.41, 5.74) is 3.41. The Morgan fingerprint density at radius 1 is 0.885 bits per heavy atom. The molecule has 6 heteroatoms. The molecule has 3 N–H and O–H groups in total. The van der Waals surface area contributed by atoms with Crippen LogP contribution in [0.3, 0.4) is 0 Å². The molecular formula is C20H16N2O3S. The molecule has 0 radical (unpaired) electrons. The lowest BCUT2D eigenvalue weighted by atomic mass is 10.0. The Morgan fingerprint density at radius 2 is 1.69 bits per heavy atom. The van der Waals surface area contributed by atoms with Gasteiger partial charge in [-0.1, -0.05) is 53.8 Å². The number of rotatable bonds is 4. The number of aromatic hydroxyl groups is 1. The molecule has 0 saturated heterocycles. The first-order valence-electron chi connectivity index (χ1n) is 8.18. The van der Waals surface area contributed by atoms with E-state index in [1.165, 1.54) is 5.56 Å². The molecular weight excluding hydrogens is 348 g/mol. The molecule has 2 aromatic carbocycles. The largest absolute Gasteiger partial charge is 0.494 e. The third kappa shape index (κ3) is 3.32. The minimum Gasteiger partial charge on any atom is -0.494 e. The summed E-state index contributed by atoms with van der Waals surface area (Å²) in [5.74, 6) is -0.169. The van der Waals surface area contributed by atoms with Crippen LogP contribution in [-0.4, -0.2) is 15.1 Å². The van der Waals surface area contributed by atoms with Crippen LogP contribution in [0.5, 0.6) is 5.88 Å². The van der Waals surface area contributed by atoms with Crippen molar-refractivity contribution in [3.05, 3.63) is 96.2 Å². The second-order valence-corrected chi connectivity index (χ2v) is 7.24. The fourth-order valence-electron chi connectivity index (χ4n) is 3.01. The Bertz CT molecular complexity index is 1190. The van der Waals surface area contributed by atoms with Crippen molar-refractivity contribution in [2.75, 3.05) is 0 Å². The monoisotopic (exact) mass is 364 g/mol. The molecule has 5 nitrogen and oxygen atoms in total. The van der Waals surface area contributed by atoms with Gasteiger partial charge in [-0.2, -0.15) is 0 Å². The van der Waals surface area contributed by atoms with Crippen LogP contribution in [0.2, 0.25) is 0 Å². The van der Waals surface area contributed by atoms with Crippen LogP contribution in [0.15, 0.2) is 64.2 Å². The Hall–Kier alpha value is -3.12. The summed E-state index contributed by atoms with van der Waals surface area (Å²) in [4.78, 5) is 29.1. The van der Waals surface area contributed by atoms with Gasteiger partial charge in [-0.3, -0.25) is 14.6 Å². The van der Waals surface area contributed by atoms with Crippen molar-refractivity contribution in [1.29, 1.82) is 0 Å². The second kappa shape index (κ2) is 6.65. The number of pyridine rings is 1. The van der Waals surface area contributed by atoms with E-state index < -0.39 is 0 Å². The smallest absolute Gasteiger partial charge is 0.307 e. The number of H-pyrrole nitrogens is 2. The Labute approximate surface area is 152 Å². The maximum absolute atomic E-state index is 12.4. The lowest BCUT2D eigenvalue weighted by Gasteiger charge is -2.06. The molecule has 0 aliphatic heterocycles.